The molecule has 0 bridgehead atoms. The number of nitrogens with zero attached hydrogens (tertiary/aromatic N) is 3. The fraction of sp³-hybridized carbons (Fsp3) is 0.211. The minimum atomic E-state index is -0.151. The number of halogens is 1. The molecular formula is C19H20BrN5O. The molecule has 3 N–H and O–H groups in total. The van der Waals surface area contributed by atoms with E-state index in [2.05, 4.69) is 41.5 Å². The molecular weight excluding hydrogens is 394 g/mol. The summed E-state index contributed by atoms with van der Waals surface area (Å²) in [4.78, 5) is 13.2. The molecule has 3 aromatic rings. The smallest absolute Gasteiger partial charge is 0.225 e. The van der Waals surface area contributed by atoms with Crippen LogP contribution >= 0.6 is 15.9 Å². The molecule has 0 unspecified atom stereocenters. The van der Waals surface area contributed by atoms with Crippen LogP contribution in [0.5, 0.6) is 0 Å². The molecule has 0 aliphatic rings. The second-order valence-corrected chi connectivity index (χ2v) is 6.87. The van der Waals surface area contributed by atoms with Crippen LogP contribution in [0.3, 0.4) is 0 Å². The number of aromatic nitrogens is 3. The Kier molecular flexibility index (Phi) is 5.80. The second kappa shape index (κ2) is 8.25. The Morgan fingerprint density at radius 2 is 2.04 bits per heavy atom. The van der Waals surface area contributed by atoms with Gasteiger partial charge in [0.05, 0.1) is 12.3 Å². The lowest BCUT2D eigenvalue weighted by Crippen LogP contribution is -2.21. The molecule has 26 heavy (non-hydrogen) atoms. The highest BCUT2D eigenvalue weighted by molar-refractivity contribution is 9.10. The van der Waals surface area contributed by atoms with Gasteiger partial charge in [0, 0.05) is 40.2 Å². The van der Waals surface area contributed by atoms with Gasteiger partial charge >= 0.3 is 0 Å². The first-order valence-electron chi connectivity index (χ1n) is 8.25. The lowest BCUT2D eigenvalue weighted by molar-refractivity contribution is 0.281. The Hall–Kier alpha value is -2.51. The van der Waals surface area contributed by atoms with Crippen molar-refractivity contribution < 1.29 is 5.11 Å². The van der Waals surface area contributed by atoms with Crippen LogP contribution < -0.4 is 10.6 Å². The second-order valence-electron chi connectivity index (χ2n) is 6.02. The van der Waals surface area contributed by atoms with E-state index in [4.69, 9.17) is 0 Å². The summed E-state index contributed by atoms with van der Waals surface area (Å²) in [5, 5.41) is 15.7. The molecule has 1 aromatic carbocycles. The summed E-state index contributed by atoms with van der Waals surface area (Å²) in [5.74, 6) is 1.11. The lowest BCUT2D eigenvalue weighted by atomic mass is 10.2. The van der Waals surface area contributed by atoms with Gasteiger partial charge in [0.2, 0.25) is 5.95 Å². The average molecular weight is 414 g/mol. The van der Waals surface area contributed by atoms with Gasteiger partial charge in [0.1, 0.15) is 5.82 Å². The van der Waals surface area contributed by atoms with E-state index in [1.54, 1.807) is 12.4 Å². The summed E-state index contributed by atoms with van der Waals surface area (Å²) in [6, 6.07) is 11.6. The topological polar surface area (TPSA) is 83.0 Å². The number of pyridine rings is 1. The molecule has 0 amide bonds. The van der Waals surface area contributed by atoms with E-state index in [0.717, 1.165) is 27.0 Å². The van der Waals surface area contributed by atoms with Crippen molar-refractivity contribution in [3.8, 4) is 11.3 Å². The molecule has 3 rings (SSSR count). The number of rotatable bonds is 6. The molecule has 7 heteroatoms. The zero-order chi connectivity index (χ0) is 18.5. The quantitative estimate of drug-likeness (QED) is 0.562. The number of aryl methyl sites for hydroxylation is 1. The molecule has 0 spiro atoms. The van der Waals surface area contributed by atoms with E-state index >= 15 is 0 Å². The molecule has 0 aliphatic heterocycles. The minimum Gasteiger partial charge on any atom is -0.394 e. The summed E-state index contributed by atoms with van der Waals surface area (Å²) in [5.41, 5.74) is 3.70. The third-order valence-corrected chi connectivity index (χ3v) is 4.65. The van der Waals surface area contributed by atoms with E-state index in [9.17, 15) is 5.11 Å². The standard InChI is InChI=1S/C19H20BrN5O/c1-12-8-15(5-6-16(12)20)23-18-9-17(14-4-3-7-21-10-14)24-19(25-18)22-13(2)11-26/h3-10,13,26H,11H2,1-2H3,(H2,22,23,24,25)/t13-/m0/s1. The van der Waals surface area contributed by atoms with Gasteiger partial charge in [-0.2, -0.15) is 4.98 Å². The van der Waals surface area contributed by atoms with Crippen LogP contribution in [0.4, 0.5) is 17.5 Å². The summed E-state index contributed by atoms with van der Waals surface area (Å²) < 4.78 is 1.06. The van der Waals surface area contributed by atoms with E-state index < -0.39 is 0 Å². The molecule has 0 fully saturated rings. The Balaban J connectivity index is 1.97. The summed E-state index contributed by atoms with van der Waals surface area (Å²) in [6.07, 6.45) is 3.48. The number of hydrogen-bond donors (Lipinski definition) is 3. The molecule has 2 aromatic heterocycles. The van der Waals surface area contributed by atoms with Gasteiger partial charge in [-0.15, -0.1) is 0 Å². The van der Waals surface area contributed by atoms with Gasteiger partial charge in [0.25, 0.3) is 0 Å². The highest BCUT2D eigenvalue weighted by Crippen LogP contribution is 2.25. The van der Waals surface area contributed by atoms with Crippen molar-refractivity contribution in [3.63, 3.8) is 0 Å². The van der Waals surface area contributed by atoms with Crippen molar-refractivity contribution in [2.45, 2.75) is 19.9 Å². The van der Waals surface area contributed by atoms with Crippen LogP contribution in [0.1, 0.15) is 12.5 Å². The third kappa shape index (κ3) is 4.56. The van der Waals surface area contributed by atoms with Gasteiger partial charge in [-0.3, -0.25) is 4.98 Å². The Labute approximate surface area is 160 Å². The lowest BCUT2D eigenvalue weighted by Gasteiger charge is -2.14. The van der Waals surface area contributed by atoms with Crippen LogP contribution in [0.2, 0.25) is 0 Å². The van der Waals surface area contributed by atoms with Crippen LogP contribution in [0.15, 0.2) is 53.3 Å². The molecule has 0 saturated carbocycles. The van der Waals surface area contributed by atoms with Crippen LogP contribution in [0, 0.1) is 6.92 Å². The first-order valence-corrected chi connectivity index (χ1v) is 9.04. The van der Waals surface area contributed by atoms with E-state index in [-0.39, 0.29) is 12.6 Å². The Morgan fingerprint density at radius 3 is 2.73 bits per heavy atom. The Bertz CT molecular complexity index is 888. The zero-order valence-electron chi connectivity index (χ0n) is 14.6. The van der Waals surface area contributed by atoms with Crippen LogP contribution in [0.25, 0.3) is 11.3 Å². The highest BCUT2D eigenvalue weighted by atomic mass is 79.9. The van der Waals surface area contributed by atoms with Gasteiger partial charge < -0.3 is 15.7 Å². The molecule has 0 saturated heterocycles. The zero-order valence-corrected chi connectivity index (χ0v) is 16.2. The number of aliphatic hydroxyl groups is 1. The van der Waals surface area contributed by atoms with Gasteiger partial charge in [-0.25, -0.2) is 4.98 Å². The predicted molar refractivity (Wildman–Crippen MR) is 108 cm³/mol. The van der Waals surface area contributed by atoms with Crippen LogP contribution in [-0.4, -0.2) is 32.7 Å². The molecule has 0 aliphatic carbocycles. The average Bonchev–Trinajstić information content (AvgIpc) is 2.65. The number of benzene rings is 1. The van der Waals surface area contributed by atoms with Crippen molar-refractivity contribution >= 4 is 33.4 Å². The largest absolute Gasteiger partial charge is 0.394 e. The highest BCUT2D eigenvalue weighted by Gasteiger charge is 2.10. The first-order chi connectivity index (χ1) is 12.5. The van der Waals surface area contributed by atoms with Gasteiger partial charge in [-0.1, -0.05) is 15.9 Å². The predicted octanol–water partition coefficient (Wildman–Crippen LogP) is 4.15. The molecule has 0 radical (unpaired) electrons. The monoisotopic (exact) mass is 413 g/mol. The SMILES string of the molecule is Cc1cc(Nc2cc(-c3cccnc3)nc(N[C@@H](C)CO)n2)ccc1Br. The number of aliphatic hydroxyl groups excluding tert-OH is 1. The minimum absolute atomic E-state index is 0.00481. The number of hydrogen-bond acceptors (Lipinski definition) is 6. The van der Waals surface area contributed by atoms with Crippen molar-refractivity contribution in [1.29, 1.82) is 0 Å². The first kappa shape index (κ1) is 18.3. The van der Waals surface area contributed by atoms with Crippen molar-refractivity contribution in [3.05, 3.63) is 58.8 Å². The third-order valence-electron chi connectivity index (χ3n) is 3.76. The molecule has 6 nitrogen and oxygen atoms in total. The normalized spacial score (nSPS) is 11.8. The maximum Gasteiger partial charge on any atom is 0.225 e. The molecule has 1 atom stereocenters. The molecule has 134 valence electrons. The van der Waals surface area contributed by atoms with Gasteiger partial charge in [0.15, 0.2) is 0 Å². The van der Waals surface area contributed by atoms with Gasteiger partial charge in [-0.05, 0) is 49.7 Å². The number of nitrogens with one attached hydrogen (secondary N) is 2. The van der Waals surface area contributed by atoms with Crippen molar-refractivity contribution in [2.24, 2.45) is 0 Å². The van der Waals surface area contributed by atoms with Crippen LogP contribution in [-0.2, 0) is 0 Å². The number of anilines is 3. The van der Waals surface area contributed by atoms with E-state index in [0.29, 0.717) is 11.8 Å². The maximum absolute atomic E-state index is 9.30. The summed E-state index contributed by atoms with van der Waals surface area (Å²) in [7, 11) is 0. The van der Waals surface area contributed by atoms with E-state index in [1.807, 2.05) is 50.2 Å². The van der Waals surface area contributed by atoms with Crippen molar-refractivity contribution in [1.82, 2.24) is 15.0 Å². The van der Waals surface area contributed by atoms with Crippen molar-refractivity contribution in [2.75, 3.05) is 17.2 Å². The Morgan fingerprint density at radius 1 is 1.19 bits per heavy atom. The fourth-order valence-corrected chi connectivity index (χ4v) is 2.62. The summed E-state index contributed by atoms with van der Waals surface area (Å²) >= 11 is 3.51. The fourth-order valence-electron chi connectivity index (χ4n) is 2.37. The molecule has 2 heterocycles. The van der Waals surface area contributed by atoms with E-state index in [1.165, 1.54) is 0 Å². The summed E-state index contributed by atoms with van der Waals surface area (Å²) in [6.45, 7) is 3.90. The maximum atomic E-state index is 9.30.